The number of anilines is 1. The molecular weight excluding hydrogens is 254 g/mol. The van der Waals surface area contributed by atoms with Crippen LogP contribution in [0.5, 0.6) is 0 Å². The molecule has 2 amide bonds. The van der Waals surface area contributed by atoms with E-state index in [0.29, 0.717) is 6.54 Å². The molecular formula is C15H15N3O2. The molecule has 3 rings (SSSR count). The number of rotatable bonds is 2. The molecule has 0 radical (unpaired) electrons. The Morgan fingerprint density at radius 2 is 2.20 bits per heavy atom. The van der Waals surface area contributed by atoms with Gasteiger partial charge in [-0.1, -0.05) is 6.07 Å². The zero-order valence-corrected chi connectivity index (χ0v) is 11.2. The summed E-state index contributed by atoms with van der Waals surface area (Å²) in [6.07, 6.45) is 1.91. The van der Waals surface area contributed by atoms with Crippen molar-refractivity contribution in [3.8, 4) is 0 Å². The highest BCUT2D eigenvalue weighted by Crippen LogP contribution is 2.33. The Bertz CT molecular complexity index is 711. The zero-order chi connectivity index (χ0) is 14.3. The van der Waals surface area contributed by atoms with Crippen LogP contribution in [0.1, 0.15) is 12.0 Å². The van der Waals surface area contributed by atoms with Gasteiger partial charge in [-0.25, -0.2) is 0 Å². The van der Waals surface area contributed by atoms with E-state index in [4.69, 9.17) is 5.73 Å². The summed E-state index contributed by atoms with van der Waals surface area (Å²) in [5.41, 5.74) is 7.98. The predicted octanol–water partition coefficient (Wildman–Crippen LogP) is 1.38. The third-order valence-corrected chi connectivity index (χ3v) is 3.76. The summed E-state index contributed by atoms with van der Waals surface area (Å²) in [6, 6.07) is 7.66. The second-order valence-electron chi connectivity index (χ2n) is 5.11. The minimum atomic E-state index is -0.420. The maximum atomic E-state index is 12.2. The molecule has 102 valence electrons. The van der Waals surface area contributed by atoms with Crippen molar-refractivity contribution in [1.29, 1.82) is 0 Å². The first kappa shape index (κ1) is 12.6. The number of primary amides is 1. The fraction of sp³-hybridized carbons (Fsp3) is 0.267. The highest BCUT2D eigenvalue weighted by atomic mass is 16.2. The molecule has 1 saturated heterocycles. The summed E-state index contributed by atoms with van der Waals surface area (Å²) in [5, 5.41) is 0.922. The number of aryl methyl sites for hydroxylation is 1. The standard InChI is InChI=1S/C15H15N3O2/c1-9-4-5-12-11(3-2-6-17-12)14(9)18-8-10(15(16)20)7-13(18)19/h2-6,10H,7-8H2,1H3,(H2,16,20). The quantitative estimate of drug-likeness (QED) is 0.894. The molecule has 1 aliphatic rings. The van der Waals surface area contributed by atoms with E-state index in [9.17, 15) is 9.59 Å². The van der Waals surface area contributed by atoms with E-state index in [2.05, 4.69) is 4.98 Å². The molecule has 1 unspecified atom stereocenters. The molecule has 2 N–H and O–H groups in total. The Kier molecular flexibility index (Phi) is 2.89. The molecule has 1 atom stereocenters. The summed E-state index contributed by atoms with van der Waals surface area (Å²) in [4.78, 5) is 29.5. The van der Waals surface area contributed by atoms with Crippen LogP contribution in [0, 0.1) is 12.8 Å². The van der Waals surface area contributed by atoms with Crippen LogP contribution in [0.15, 0.2) is 30.5 Å². The van der Waals surface area contributed by atoms with Crippen molar-refractivity contribution in [3.63, 3.8) is 0 Å². The number of aromatic nitrogens is 1. The molecule has 1 aliphatic heterocycles. The minimum absolute atomic E-state index is 0.0618. The number of hydrogen-bond donors (Lipinski definition) is 1. The summed E-state index contributed by atoms with van der Waals surface area (Å²) >= 11 is 0. The highest BCUT2D eigenvalue weighted by Gasteiger charge is 2.35. The van der Waals surface area contributed by atoms with Gasteiger partial charge in [-0.15, -0.1) is 0 Å². The number of nitrogens with zero attached hydrogens (tertiary/aromatic N) is 2. The number of amides is 2. The summed E-state index contributed by atoms with van der Waals surface area (Å²) in [6.45, 7) is 2.30. The number of carbonyl (C=O) groups excluding carboxylic acids is 2. The Morgan fingerprint density at radius 3 is 2.90 bits per heavy atom. The van der Waals surface area contributed by atoms with Gasteiger partial charge < -0.3 is 10.6 Å². The number of fused-ring (bicyclic) bond motifs is 1. The number of carbonyl (C=O) groups is 2. The molecule has 0 aliphatic carbocycles. The second-order valence-corrected chi connectivity index (χ2v) is 5.11. The van der Waals surface area contributed by atoms with Gasteiger partial charge in [0.25, 0.3) is 0 Å². The largest absolute Gasteiger partial charge is 0.369 e. The fourth-order valence-electron chi connectivity index (χ4n) is 2.72. The lowest BCUT2D eigenvalue weighted by Crippen LogP contribution is -2.29. The average Bonchev–Trinajstić information content (AvgIpc) is 2.81. The first-order valence-corrected chi connectivity index (χ1v) is 6.52. The van der Waals surface area contributed by atoms with Gasteiger partial charge in [0.2, 0.25) is 11.8 Å². The maximum Gasteiger partial charge on any atom is 0.227 e. The van der Waals surface area contributed by atoms with E-state index >= 15 is 0 Å². The molecule has 5 heteroatoms. The predicted molar refractivity (Wildman–Crippen MR) is 76.1 cm³/mol. The van der Waals surface area contributed by atoms with Gasteiger partial charge >= 0.3 is 0 Å². The van der Waals surface area contributed by atoms with E-state index in [1.54, 1.807) is 11.1 Å². The van der Waals surface area contributed by atoms with Crippen molar-refractivity contribution < 1.29 is 9.59 Å². The second kappa shape index (κ2) is 4.59. The molecule has 0 bridgehead atoms. The minimum Gasteiger partial charge on any atom is -0.369 e. The van der Waals surface area contributed by atoms with Crippen molar-refractivity contribution in [3.05, 3.63) is 36.0 Å². The lowest BCUT2D eigenvalue weighted by atomic mass is 10.1. The van der Waals surface area contributed by atoms with Crippen molar-refractivity contribution in [1.82, 2.24) is 4.98 Å². The number of pyridine rings is 1. The van der Waals surface area contributed by atoms with Crippen LogP contribution >= 0.6 is 0 Å². The van der Waals surface area contributed by atoms with Crippen LogP contribution in [0.4, 0.5) is 5.69 Å². The van der Waals surface area contributed by atoms with Crippen LogP contribution in [0.3, 0.4) is 0 Å². The molecule has 1 aromatic carbocycles. The normalized spacial score (nSPS) is 18.8. The summed E-state index contributed by atoms with van der Waals surface area (Å²) < 4.78 is 0. The van der Waals surface area contributed by atoms with Crippen LogP contribution in [-0.2, 0) is 9.59 Å². The number of benzene rings is 1. The molecule has 1 aromatic heterocycles. The van der Waals surface area contributed by atoms with E-state index in [1.807, 2.05) is 31.2 Å². The molecule has 0 saturated carbocycles. The van der Waals surface area contributed by atoms with Crippen LogP contribution in [0.25, 0.3) is 10.9 Å². The van der Waals surface area contributed by atoms with Gasteiger partial charge in [-0.05, 0) is 30.7 Å². The lowest BCUT2D eigenvalue weighted by Gasteiger charge is -2.20. The van der Waals surface area contributed by atoms with Gasteiger partial charge in [-0.3, -0.25) is 14.6 Å². The topological polar surface area (TPSA) is 76.3 Å². The van der Waals surface area contributed by atoms with Gasteiger partial charge in [0.1, 0.15) is 0 Å². The van der Waals surface area contributed by atoms with Crippen molar-refractivity contribution in [2.45, 2.75) is 13.3 Å². The van der Waals surface area contributed by atoms with Crippen LogP contribution in [0.2, 0.25) is 0 Å². The smallest absolute Gasteiger partial charge is 0.227 e. The summed E-state index contributed by atoms with van der Waals surface area (Å²) in [7, 11) is 0. The van der Waals surface area contributed by atoms with Gasteiger partial charge in [0.05, 0.1) is 17.1 Å². The fourth-order valence-corrected chi connectivity index (χ4v) is 2.72. The van der Waals surface area contributed by atoms with Crippen LogP contribution < -0.4 is 10.6 Å². The highest BCUT2D eigenvalue weighted by molar-refractivity contribution is 6.07. The van der Waals surface area contributed by atoms with Gasteiger partial charge in [-0.2, -0.15) is 0 Å². The van der Waals surface area contributed by atoms with E-state index in [-0.39, 0.29) is 12.3 Å². The number of nitrogens with two attached hydrogens (primary N) is 1. The SMILES string of the molecule is Cc1ccc2ncccc2c1N1CC(C(N)=O)CC1=O. The third-order valence-electron chi connectivity index (χ3n) is 3.76. The Hall–Kier alpha value is -2.43. The van der Waals surface area contributed by atoms with Crippen molar-refractivity contribution in [2.24, 2.45) is 11.7 Å². The molecule has 0 spiro atoms. The molecule has 20 heavy (non-hydrogen) atoms. The van der Waals surface area contributed by atoms with Gasteiger partial charge in [0.15, 0.2) is 0 Å². The first-order valence-electron chi connectivity index (χ1n) is 6.52. The maximum absolute atomic E-state index is 12.2. The van der Waals surface area contributed by atoms with E-state index < -0.39 is 11.8 Å². The van der Waals surface area contributed by atoms with E-state index in [0.717, 1.165) is 22.2 Å². The molecule has 1 fully saturated rings. The lowest BCUT2D eigenvalue weighted by molar-refractivity contribution is -0.123. The Morgan fingerprint density at radius 1 is 1.40 bits per heavy atom. The number of hydrogen-bond acceptors (Lipinski definition) is 3. The molecule has 2 heterocycles. The van der Waals surface area contributed by atoms with Gasteiger partial charge in [0, 0.05) is 24.5 Å². The summed E-state index contributed by atoms with van der Waals surface area (Å²) in [5.74, 6) is -0.890. The van der Waals surface area contributed by atoms with E-state index in [1.165, 1.54) is 0 Å². The third kappa shape index (κ3) is 1.91. The molecule has 2 aromatic rings. The zero-order valence-electron chi connectivity index (χ0n) is 11.2. The first-order chi connectivity index (χ1) is 9.58. The van der Waals surface area contributed by atoms with Crippen LogP contribution in [-0.4, -0.2) is 23.3 Å². The molecule has 5 nitrogen and oxygen atoms in total. The Balaban J connectivity index is 2.13. The average molecular weight is 269 g/mol. The van der Waals surface area contributed by atoms with Crippen molar-refractivity contribution in [2.75, 3.05) is 11.4 Å². The van der Waals surface area contributed by atoms with Crippen molar-refractivity contribution >= 4 is 28.4 Å². The Labute approximate surface area is 116 Å². The monoisotopic (exact) mass is 269 g/mol.